The third kappa shape index (κ3) is 3.09. The third-order valence-electron chi connectivity index (χ3n) is 0.908. The maximum atomic E-state index is 5.47. The summed E-state index contributed by atoms with van der Waals surface area (Å²) >= 11 is 2.14. The number of nitrogens with zero attached hydrogens (tertiary/aromatic N) is 2. The largest absolute Gasteiger partial charge is 0.407 e. The van der Waals surface area contributed by atoms with Gasteiger partial charge in [-0.25, -0.2) is 4.98 Å². The minimum absolute atomic E-state index is 0.163. The molecule has 0 aromatic carbocycles. The van der Waals surface area contributed by atoms with Gasteiger partial charge in [-0.2, -0.15) is 4.73 Å². The van der Waals surface area contributed by atoms with Crippen molar-refractivity contribution in [1.82, 2.24) is 9.71 Å². The quantitative estimate of drug-likeness (QED) is 0.723. The summed E-state index contributed by atoms with van der Waals surface area (Å²) in [6.45, 7) is 6.00. The summed E-state index contributed by atoms with van der Waals surface area (Å²) in [6, 6.07) is 0. The lowest BCUT2D eigenvalue weighted by atomic mass is 10.2. The molecule has 1 rings (SSSR count). The van der Waals surface area contributed by atoms with Crippen LogP contribution >= 0.6 is 22.6 Å². The van der Waals surface area contributed by atoms with Gasteiger partial charge < -0.3 is 4.84 Å². The number of aromatic nitrogens is 2. The molecular formula is C7H11IN2O. The van der Waals surface area contributed by atoms with E-state index >= 15 is 0 Å². The summed E-state index contributed by atoms with van der Waals surface area (Å²) in [5, 5.41) is 0. The molecule has 0 aliphatic rings. The first-order chi connectivity index (χ1) is 4.97. The van der Waals surface area contributed by atoms with Crippen molar-refractivity contribution in [3.63, 3.8) is 0 Å². The van der Waals surface area contributed by atoms with Crippen LogP contribution in [0.5, 0.6) is 0 Å². The number of hydrogen-bond acceptors (Lipinski definition) is 2. The average molecular weight is 266 g/mol. The lowest BCUT2D eigenvalue weighted by Gasteiger charge is -2.20. The molecule has 1 aromatic rings. The highest BCUT2D eigenvalue weighted by Crippen LogP contribution is 2.04. The fourth-order valence-corrected chi connectivity index (χ4v) is 1.05. The van der Waals surface area contributed by atoms with Crippen LogP contribution in [0, 0.1) is 3.70 Å². The molecule has 0 N–H and O–H groups in total. The van der Waals surface area contributed by atoms with Gasteiger partial charge in [-0.05, 0) is 43.4 Å². The molecule has 1 heterocycles. The number of hydrogen-bond donors (Lipinski definition) is 0. The second-order valence-corrected chi connectivity index (χ2v) is 4.37. The monoisotopic (exact) mass is 266 g/mol. The Morgan fingerprint density at radius 3 is 2.55 bits per heavy atom. The van der Waals surface area contributed by atoms with Crippen molar-refractivity contribution in [2.24, 2.45) is 0 Å². The van der Waals surface area contributed by atoms with Crippen LogP contribution in [0.4, 0.5) is 0 Å². The molecule has 0 fully saturated rings. The van der Waals surface area contributed by atoms with Gasteiger partial charge in [0.05, 0.1) is 6.20 Å². The molecule has 0 saturated carbocycles. The van der Waals surface area contributed by atoms with Crippen LogP contribution in [0.2, 0.25) is 0 Å². The topological polar surface area (TPSA) is 27.1 Å². The van der Waals surface area contributed by atoms with E-state index in [1.165, 1.54) is 0 Å². The molecule has 0 radical (unpaired) electrons. The van der Waals surface area contributed by atoms with E-state index in [2.05, 4.69) is 27.6 Å². The lowest BCUT2D eigenvalue weighted by molar-refractivity contribution is -0.0154. The van der Waals surface area contributed by atoms with Crippen molar-refractivity contribution in [2.75, 3.05) is 0 Å². The fourth-order valence-electron chi connectivity index (χ4n) is 0.650. The van der Waals surface area contributed by atoms with Gasteiger partial charge in [0.1, 0.15) is 15.6 Å². The average Bonchev–Trinajstić information content (AvgIpc) is 2.10. The molecule has 0 aliphatic carbocycles. The highest BCUT2D eigenvalue weighted by atomic mass is 127. The van der Waals surface area contributed by atoms with Crippen LogP contribution in [0.25, 0.3) is 0 Å². The van der Waals surface area contributed by atoms with Crippen molar-refractivity contribution in [3.05, 3.63) is 16.2 Å². The molecule has 1 aromatic heterocycles. The zero-order valence-electron chi connectivity index (χ0n) is 6.84. The lowest BCUT2D eigenvalue weighted by Crippen LogP contribution is -2.30. The number of rotatable bonds is 1. The predicted molar refractivity (Wildman–Crippen MR) is 51.3 cm³/mol. The Hall–Kier alpha value is -0.260. The minimum atomic E-state index is -0.163. The van der Waals surface area contributed by atoms with Crippen LogP contribution in [0.15, 0.2) is 12.5 Å². The standard InChI is InChI=1S/C7H11IN2O/c1-7(2,3)11-10-4-6(8)9-5-10/h4-5H,1-3H3. The fraction of sp³-hybridized carbons (Fsp3) is 0.571. The van der Waals surface area contributed by atoms with E-state index in [0.29, 0.717) is 0 Å². The zero-order valence-corrected chi connectivity index (χ0v) is 8.99. The predicted octanol–water partition coefficient (Wildman–Crippen LogP) is 1.71. The van der Waals surface area contributed by atoms with Gasteiger partial charge in [0.2, 0.25) is 0 Å². The zero-order chi connectivity index (χ0) is 8.48. The first kappa shape index (κ1) is 8.83. The molecule has 4 heteroatoms. The second kappa shape index (κ2) is 3.00. The van der Waals surface area contributed by atoms with Crippen LogP contribution < -0.4 is 4.84 Å². The second-order valence-electron chi connectivity index (χ2n) is 3.26. The third-order valence-corrected chi connectivity index (χ3v) is 1.46. The van der Waals surface area contributed by atoms with Crippen molar-refractivity contribution in [2.45, 2.75) is 26.4 Å². The van der Waals surface area contributed by atoms with Crippen molar-refractivity contribution in [3.8, 4) is 0 Å². The summed E-state index contributed by atoms with van der Waals surface area (Å²) in [5.74, 6) is 0. The van der Waals surface area contributed by atoms with Gasteiger partial charge >= 0.3 is 0 Å². The number of imidazole rings is 1. The van der Waals surface area contributed by atoms with Crippen LogP contribution in [-0.2, 0) is 0 Å². The SMILES string of the molecule is CC(C)(C)On1cnc(I)c1. The maximum Gasteiger partial charge on any atom is 0.133 e. The molecule has 11 heavy (non-hydrogen) atoms. The van der Waals surface area contributed by atoms with Gasteiger partial charge in [-0.1, -0.05) is 0 Å². The number of halogens is 1. The van der Waals surface area contributed by atoms with Crippen molar-refractivity contribution >= 4 is 22.6 Å². The van der Waals surface area contributed by atoms with Crippen molar-refractivity contribution < 1.29 is 4.84 Å². The summed E-state index contributed by atoms with van der Waals surface area (Å²) in [6.07, 6.45) is 3.50. The van der Waals surface area contributed by atoms with E-state index < -0.39 is 0 Å². The van der Waals surface area contributed by atoms with E-state index in [1.54, 1.807) is 11.1 Å². The van der Waals surface area contributed by atoms with E-state index in [4.69, 9.17) is 4.84 Å². The smallest absolute Gasteiger partial charge is 0.133 e. The summed E-state index contributed by atoms with van der Waals surface area (Å²) in [7, 11) is 0. The maximum absolute atomic E-state index is 5.47. The molecule has 0 unspecified atom stereocenters. The first-order valence-electron chi connectivity index (χ1n) is 3.36. The molecule has 0 spiro atoms. The first-order valence-corrected chi connectivity index (χ1v) is 4.44. The Bertz CT molecular complexity index is 239. The molecule has 0 saturated heterocycles. The van der Waals surface area contributed by atoms with Crippen LogP contribution in [0.1, 0.15) is 20.8 Å². The molecular weight excluding hydrogens is 255 g/mol. The molecule has 0 amide bonds. The van der Waals surface area contributed by atoms with Crippen LogP contribution in [-0.4, -0.2) is 15.3 Å². The van der Waals surface area contributed by atoms with E-state index in [9.17, 15) is 0 Å². The summed E-state index contributed by atoms with van der Waals surface area (Å²) in [4.78, 5) is 9.50. The van der Waals surface area contributed by atoms with Gasteiger partial charge in [-0.15, -0.1) is 0 Å². The Morgan fingerprint density at radius 1 is 1.55 bits per heavy atom. The molecule has 0 bridgehead atoms. The Morgan fingerprint density at radius 2 is 2.18 bits per heavy atom. The summed E-state index contributed by atoms with van der Waals surface area (Å²) < 4.78 is 2.56. The van der Waals surface area contributed by atoms with Gasteiger partial charge in [0, 0.05) is 0 Å². The molecule has 0 aliphatic heterocycles. The highest BCUT2D eigenvalue weighted by molar-refractivity contribution is 14.1. The van der Waals surface area contributed by atoms with Gasteiger partial charge in [0.15, 0.2) is 0 Å². The normalized spacial score (nSPS) is 11.6. The molecule has 3 nitrogen and oxygen atoms in total. The van der Waals surface area contributed by atoms with Gasteiger partial charge in [0.25, 0.3) is 0 Å². The highest BCUT2D eigenvalue weighted by Gasteiger charge is 2.11. The summed E-state index contributed by atoms with van der Waals surface area (Å²) in [5.41, 5.74) is -0.163. The Kier molecular flexibility index (Phi) is 2.41. The van der Waals surface area contributed by atoms with E-state index in [0.717, 1.165) is 3.70 Å². The Labute approximate surface area is 79.9 Å². The van der Waals surface area contributed by atoms with Crippen molar-refractivity contribution in [1.29, 1.82) is 0 Å². The van der Waals surface area contributed by atoms with Crippen LogP contribution in [0.3, 0.4) is 0 Å². The van der Waals surface area contributed by atoms with E-state index in [1.807, 2.05) is 27.0 Å². The van der Waals surface area contributed by atoms with E-state index in [-0.39, 0.29) is 5.60 Å². The van der Waals surface area contributed by atoms with Gasteiger partial charge in [-0.3, -0.25) is 0 Å². The molecule has 0 atom stereocenters. The Balaban J connectivity index is 2.65. The minimum Gasteiger partial charge on any atom is -0.407 e. The molecule has 62 valence electrons.